The summed E-state index contributed by atoms with van der Waals surface area (Å²) in [5.74, 6) is -3.41. The van der Waals surface area contributed by atoms with Gasteiger partial charge in [0.1, 0.15) is 0 Å². The molecule has 1 aromatic rings. The number of likely N-dealkylation sites (N-methyl/N-ethyl adjacent to an activating group) is 1. The number of alkyl halides is 6. The van der Waals surface area contributed by atoms with E-state index >= 15 is 0 Å². The van der Waals surface area contributed by atoms with Gasteiger partial charge in [-0.1, -0.05) is 6.92 Å². The van der Waals surface area contributed by atoms with E-state index in [2.05, 4.69) is 9.73 Å². The Morgan fingerprint density at radius 1 is 1.16 bits per heavy atom. The van der Waals surface area contributed by atoms with Gasteiger partial charge in [-0.15, -0.1) is 0 Å². The third-order valence-corrected chi connectivity index (χ3v) is 2.61. The highest BCUT2D eigenvalue weighted by atomic mass is 19.4. The second kappa shape index (κ2) is 5.85. The second-order valence-electron chi connectivity index (χ2n) is 4.06. The molecule has 0 saturated heterocycles. The van der Waals surface area contributed by atoms with Crippen molar-refractivity contribution in [2.75, 3.05) is 6.54 Å². The lowest BCUT2D eigenvalue weighted by molar-refractivity contribution is -0.291. The maximum atomic E-state index is 12.6. The number of rotatable bonds is 5. The highest BCUT2D eigenvalue weighted by Crippen LogP contribution is 2.42. The minimum Gasteiger partial charge on any atom is -0.472 e. The van der Waals surface area contributed by atoms with E-state index in [0.29, 0.717) is 0 Å². The first kappa shape index (κ1) is 15.9. The second-order valence-corrected chi connectivity index (χ2v) is 4.06. The molecule has 0 aromatic carbocycles. The highest BCUT2D eigenvalue weighted by Gasteiger charge is 2.59. The number of nitrogens with one attached hydrogen (secondary N) is 1. The third kappa shape index (κ3) is 4.45. The Kier molecular flexibility index (Phi) is 4.89. The van der Waals surface area contributed by atoms with E-state index in [4.69, 9.17) is 0 Å². The van der Waals surface area contributed by atoms with E-state index in [1.165, 1.54) is 19.3 Å². The zero-order chi connectivity index (χ0) is 14.7. The van der Waals surface area contributed by atoms with Gasteiger partial charge in [0.15, 0.2) is 5.92 Å². The molecule has 0 bridgehead atoms. The van der Waals surface area contributed by atoms with Crippen LogP contribution in [-0.4, -0.2) is 24.9 Å². The molecule has 0 aliphatic rings. The molecular formula is C11H13F6NO. The fraction of sp³-hybridized carbons (Fsp3) is 0.636. The van der Waals surface area contributed by atoms with Crippen molar-refractivity contribution in [1.29, 1.82) is 0 Å². The lowest BCUT2D eigenvalue weighted by Gasteiger charge is -2.31. The largest absolute Gasteiger partial charge is 0.472 e. The topological polar surface area (TPSA) is 25.2 Å². The quantitative estimate of drug-likeness (QED) is 0.839. The van der Waals surface area contributed by atoms with Gasteiger partial charge in [-0.2, -0.15) is 26.3 Å². The normalized spacial score (nSPS) is 14.9. The zero-order valence-electron chi connectivity index (χ0n) is 9.98. The molecule has 1 aromatic heterocycles. The SMILES string of the molecule is CCNC(Cc1ccoc1)C(C(F)(F)F)C(F)(F)F. The van der Waals surface area contributed by atoms with E-state index in [0.717, 1.165) is 6.26 Å². The summed E-state index contributed by atoms with van der Waals surface area (Å²) >= 11 is 0. The molecule has 110 valence electrons. The fourth-order valence-electron chi connectivity index (χ4n) is 1.87. The van der Waals surface area contributed by atoms with Crippen molar-refractivity contribution in [3.05, 3.63) is 24.2 Å². The molecule has 2 nitrogen and oxygen atoms in total. The van der Waals surface area contributed by atoms with Crippen LogP contribution in [0.5, 0.6) is 0 Å². The average Bonchev–Trinajstić information content (AvgIpc) is 2.65. The van der Waals surface area contributed by atoms with Crippen molar-refractivity contribution in [3.63, 3.8) is 0 Å². The van der Waals surface area contributed by atoms with Crippen molar-refractivity contribution in [2.45, 2.75) is 31.7 Å². The van der Waals surface area contributed by atoms with Gasteiger partial charge in [0, 0.05) is 6.04 Å². The van der Waals surface area contributed by atoms with Crippen LogP contribution < -0.4 is 5.32 Å². The van der Waals surface area contributed by atoms with Crippen molar-refractivity contribution >= 4 is 0 Å². The number of halogens is 6. The molecule has 0 aliphatic carbocycles. The van der Waals surface area contributed by atoms with Crippen molar-refractivity contribution in [1.82, 2.24) is 5.32 Å². The Balaban J connectivity index is 2.99. The minimum atomic E-state index is -5.35. The summed E-state index contributed by atoms with van der Waals surface area (Å²) in [6, 6.07) is -0.434. The number of hydrogen-bond donors (Lipinski definition) is 1. The predicted octanol–water partition coefficient (Wildman–Crippen LogP) is 3.54. The van der Waals surface area contributed by atoms with Crippen LogP contribution in [0, 0.1) is 5.92 Å². The third-order valence-electron chi connectivity index (χ3n) is 2.61. The van der Waals surface area contributed by atoms with E-state index in [9.17, 15) is 26.3 Å². The summed E-state index contributed by atoms with van der Waals surface area (Å²) in [6.07, 6.45) is -8.78. The highest BCUT2D eigenvalue weighted by molar-refractivity contribution is 5.09. The summed E-state index contributed by atoms with van der Waals surface area (Å²) in [6.45, 7) is 1.46. The summed E-state index contributed by atoms with van der Waals surface area (Å²) in [7, 11) is 0. The molecule has 1 rings (SSSR count). The van der Waals surface area contributed by atoms with E-state index in [-0.39, 0.29) is 12.1 Å². The minimum absolute atomic E-state index is 0.00514. The van der Waals surface area contributed by atoms with Crippen molar-refractivity contribution < 1.29 is 30.8 Å². The van der Waals surface area contributed by atoms with Gasteiger partial charge in [0.2, 0.25) is 0 Å². The summed E-state index contributed by atoms with van der Waals surface area (Å²) in [4.78, 5) is 0. The van der Waals surface area contributed by atoms with Gasteiger partial charge in [0.25, 0.3) is 0 Å². The lowest BCUT2D eigenvalue weighted by Crippen LogP contribution is -2.52. The van der Waals surface area contributed by atoms with Crippen LogP contribution in [0.3, 0.4) is 0 Å². The van der Waals surface area contributed by atoms with Crippen molar-refractivity contribution in [3.8, 4) is 0 Å². The van der Waals surface area contributed by atoms with Crippen molar-refractivity contribution in [2.24, 2.45) is 5.92 Å². The molecule has 1 N–H and O–H groups in total. The van der Waals surface area contributed by atoms with Crippen LogP contribution in [0.25, 0.3) is 0 Å². The molecule has 0 radical (unpaired) electrons. The van der Waals surface area contributed by atoms with E-state index in [1.54, 1.807) is 0 Å². The van der Waals surface area contributed by atoms with Crippen LogP contribution in [0.2, 0.25) is 0 Å². The molecule has 1 heterocycles. The Labute approximate surface area is 105 Å². The molecule has 0 saturated carbocycles. The first-order valence-corrected chi connectivity index (χ1v) is 5.54. The van der Waals surface area contributed by atoms with E-state index in [1.807, 2.05) is 0 Å². The van der Waals surface area contributed by atoms with Gasteiger partial charge in [0.05, 0.1) is 12.5 Å². The maximum absolute atomic E-state index is 12.6. The zero-order valence-corrected chi connectivity index (χ0v) is 9.98. The molecule has 19 heavy (non-hydrogen) atoms. The van der Waals surface area contributed by atoms with Crippen LogP contribution in [0.1, 0.15) is 12.5 Å². The molecule has 8 heteroatoms. The first-order chi connectivity index (χ1) is 8.66. The van der Waals surface area contributed by atoms with Crippen LogP contribution in [-0.2, 0) is 6.42 Å². The Morgan fingerprint density at radius 2 is 1.74 bits per heavy atom. The Morgan fingerprint density at radius 3 is 2.11 bits per heavy atom. The van der Waals surface area contributed by atoms with Gasteiger partial charge < -0.3 is 9.73 Å². The summed E-state index contributed by atoms with van der Waals surface area (Å²) in [5, 5.41) is 2.25. The summed E-state index contributed by atoms with van der Waals surface area (Å²) < 4.78 is 80.5. The van der Waals surface area contributed by atoms with Crippen LogP contribution in [0.15, 0.2) is 23.0 Å². The number of hydrogen-bond acceptors (Lipinski definition) is 2. The fourth-order valence-corrected chi connectivity index (χ4v) is 1.87. The lowest BCUT2D eigenvalue weighted by atomic mass is 9.93. The van der Waals surface area contributed by atoms with Gasteiger partial charge >= 0.3 is 12.4 Å². The van der Waals surface area contributed by atoms with Gasteiger partial charge in [-0.05, 0) is 24.6 Å². The molecular weight excluding hydrogens is 276 g/mol. The monoisotopic (exact) mass is 289 g/mol. The molecule has 1 atom stereocenters. The predicted molar refractivity (Wildman–Crippen MR) is 55.5 cm³/mol. The van der Waals surface area contributed by atoms with Crippen LogP contribution in [0.4, 0.5) is 26.3 Å². The van der Waals surface area contributed by atoms with Crippen LogP contribution >= 0.6 is 0 Å². The molecule has 0 amide bonds. The molecule has 1 unspecified atom stereocenters. The maximum Gasteiger partial charge on any atom is 0.402 e. The smallest absolute Gasteiger partial charge is 0.402 e. The average molecular weight is 289 g/mol. The van der Waals surface area contributed by atoms with E-state index < -0.39 is 30.7 Å². The molecule has 0 spiro atoms. The van der Waals surface area contributed by atoms with Gasteiger partial charge in [-0.25, -0.2) is 0 Å². The molecule has 0 aliphatic heterocycles. The Bertz CT molecular complexity index is 356. The first-order valence-electron chi connectivity index (χ1n) is 5.54. The standard InChI is InChI=1S/C11H13F6NO/c1-2-18-8(5-7-3-4-19-6-7)9(10(12,13)14)11(15,16)17/h3-4,6,8-9,18H,2,5H2,1H3. The number of furan rings is 1. The Hall–Kier alpha value is -1.18. The summed E-state index contributed by atoms with van der Waals surface area (Å²) in [5.41, 5.74) is 0.282. The molecule has 0 fully saturated rings. The van der Waals surface area contributed by atoms with Gasteiger partial charge in [-0.3, -0.25) is 0 Å².